The number of fused-ring (bicyclic) bond motifs is 1. The molecule has 1 aliphatic heterocycles. The molecule has 1 unspecified atom stereocenters. The van der Waals surface area contributed by atoms with Crippen molar-refractivity contribution in [2.24, 2.45) is 0 Å². The van der Waals surface area contributed by atoms with Crippen molar-refractivity contribution in [3.8, 4) is 0 Å². The van der Waals surface area contributed by atoms with Crippen molar-refractivity contribution < 1.29 is 14.6 Å². The van der Waals surface area contributed by atoms with Gasteiger partial charge in [0, 0.05) is 25.5 Å². The maximum Gasteiger partial charge on any atom is 0.306 e. The van der Waals surface area contributed by atoms with Crippen molar-refractivity contribution in [2.75, 3.05) is 24.6 Å². The van der Waals surface area contributed by atoms with E-state index >= 15 is 0 Å². The standard InChI is InChI=1S/C13H16N4O3/c1-9-6-11-13(14-2-3-17(11)15-9)16-4-5-20-10(8-16)7-12(18)19/h2-3,6,10H,4-5,7-8H2,1H3,(H,18,19). The molecule has 3 heterocycles. The highest BCUT2D eigenvalue weighted by Gasteiger charge is 2.25. The molecule has 2 aromatic heterocycles. The molecule has 1 saturated heterocycles. The lowest BCUT2D eigenvalue weighted by Crippen LogP contribution is -2.43. The Morgan fingerprint density at radius 2 is 2.45 bits per heavy atom. The van der Waals surface area contributed by atoms with Crippen LogP contribution in [0.4, 0.5) is 5.82 Å². The number of carboxylic acid groups (broad SMARTS) is 1. The van der Waals surface area contributed by atoms with E-state index in [0.717, 1.165) is 17.0 Å². The highest BCUT2D eigenvalue weighted by Crippen LogP contribution is 2.22. The van der Waals surface area contributed by atoms with Crippen molar-refractivity contribution in [1.29, 1.82) is 0 Å². The molecule has 3 rings (SSSR count). The molecule has 106 valence electrons. The lowest BCUT2D eigenvalue weighted by Gasteiger charge is -2.33. The van der Waals surface area contributed by atoms with E-state index in [1.165, 1.54) is 0 Å². The zero-order chi connectivity index (χ0) is 14.1. The number of carboxylic acids is 1. The number of ether oxygens (including phenoxy) is 1. The summed E-state index contributed by atoms with van der Waals surface area (Å²) >= 11 is 0. The fourth-order valence-corrected chi connectivity index (χ4v) is 2.50. The number of anilines is 1. The average molecular weight is 276 g/mol. The predicted molar refractivity (Wildman–Crippen MR) is 71.9 cm³/mol. The van der Waals surface area contributed by atoms with Gasteiger partial charge in [-0.15, -0.1) is 0 Å². The Bertz CT molecular complexity index is 640. The van der Waals surface area contributed by atoms with E-state index in [1.54, 1.807) is 16.9 Å². The minimum absolute atomic E-state index is 0.0118. The number of hydrogen-bond donors (Lipinski definition) is 1. The summed E-state index contributed by atoms with van der Waals surface area (Å²) in [6.07, 6.45) is 3.22. The summed E-state index contributed by atoms with van der Waals surface area (Å²) in [5.41, 5.74) is 1.86. The molecule has 7 nitrogen and oxygen atoms in total. The van der Waals surface area contributed by atoms with Gasteiger partial charge in [-0.2, -0.15) is 5.10 Å². The summed E-state index contributed by atoms with van der Waals surface area (Å²) in [5, 5.41) is 13.2. The maximum absolute atomic E-state index is 10.8. The Balaban J connectivity index is 1.88. The number of aromatic nitrogens is 3. The number of aliphatic carboxylic acids is 1. The van der Waals surface area contributed by atoms with Crippen molar-refractivity contribution in [3.63, 3.8) is 0 Å². The van der Waals surface area contributed by atoms with E-state index in [1.807, 2.05) is 13.0 Å². The van der Waals surface area contributed by atoms with Crippen LogP contribution in [0.25, 0.3) is 5.52 Å². The minimum atomic E-state index is -0.844. The molecule has 20 heavy (non-hydrogen) atoms. The number of carbonyl (C=O) groups is 1. The van der Waals surface area contributed by atoms with Crippen LogP contribution >= 0.6 is 0 Å². The van der Waals surface area contributed by atoms with E-state index < -0.39 is 5.97 Å². The lowest BCUT2D eigenvalue weighted by atomic mass is 10.2. The van der Waals surface area contributed by atoms with Gasteiger partial charge in [0.1, 0.15) is 5.52 Å². The topological polar surface area (TPSA) is 80.0 Å². The molecule has 0 aliphatic carbocycles. The molecule has 0 spiro atoms. The Morgan fingerprint density at radius 1 is 1.60 bits per heavy atom. The number of rotatable bonds is 3. The van der Waals surface area contributed by atoms with Crippen molar-refractivity contribution in [1.82, 2.24) is 14.6 Å². The number of hydrogen-bond acceptors (Lipinski definition) is 5. The highest BCUT2D eigenvalue weighted by atomic mass is 16.5. The number of aryl methyl sites for hydroxylation is 1. The summed E-state index contributed by atoms with van der Waals surface area (Å²) in [7, 11) is 0. The second-order valence-corrected chi connectivity index (χ2v) is 4.90. The quantitative estimate of drug-likeness (QED) is 0.889. The first-order valence-corrected chi connectivity index (χ1v) is 6.53. The van der Waals surface area contributed by atoms with Crippen LogP contribution in [0.3, 0.4) is 0 Å². The third-order valence-electron chi connectivity index (χ3n) is 3.33. The monoisotopic (exact) mass is 276 g/mol. The maximum atomic E-state index is 10.8. The molecule has 1 fully saturated rings. The van der Waals surface area contributed by atoms with Crippen molar-refractivity contribution in [3.05, 3.63) is 24.2 Å². The summed E-state index contributed by atoms with van der Waals surface area (Å²) < 4.78 is 7.28. The van der Waals surface area contributed by atoms with Crippen molar-refractivity contribution in [2.45, 2.75) is 19.4 Å². The Morgan fingerprint density at radius 3 is 3.25 bits per heavy atom. The van der Waals surface area contributed by atoms with Crippen LogP contribution in [0.5, 0.6) is 0 Å². The average Bonchev–Trinajstić information content (AvgIpc) is 2.78. The zero-order valence-corrected chi connectivity index (χ0v) is 11.2. The van der Waals surface area contributed by atoms with Gasteiger partial charge in [0.2, 0.25) is 0 Å². The summed E-state index contributed by atoms with van der Waals surface area (Å²) in [6, 6.07) is 1.98. The molecule has 0 amide bonds. The molecular weight excluding hydrogens is 260 g/mol. The van der Waals surface area contributed by atoms with Gasteiger partial charge < -0.3 is 14.7 Å². The van der Waals surface area contributed by atoms with Gasteiger partial charge in [0.25, 0.3) is 0 Å². The smallest absolute Gasteiger partial charge is 0.306 e. The van der Waals surface area contributed by atoms with Crippen LogP contribution in [0.15, 0.2) is 18.5 Å². The first-order valence-electron chi connectivity index (χ1n) is 6.53. The van der Waals surface area contributed by atoms with E-state index in [0.29, 0.717) is 19.7 Å². The molecule has 1 atom stereocenters. The van der Waals surface area contributed by atoms with E-state index in [-0.39, 0.29) is 12.5 Å². The molecule has 0 saturated carbocycles. The molecule has 0 radical (unpaired) electrons. The van der Waals surface area contributed by atoms with Crippen molar-refractivity contribution >= 4 is 17.3 Å². The van der Waals surface area contributed by atoms with Crippen LogP contribution in [-0.4, -0.2) is 51.5 Å². The molecule has 1 aliphatic rings. The Labute approximate surface area is 115 Å². The van der Waals surface area contributed by atoms with E-state index in [4.69, 9.17) is 9.84 Å². The predicted octanol–water partition coefficient (Wildman–Crippen LogP) is 0.718. The molecule has 0 bridgehead atoms. The zero-order valence-electron chi connectivity index (χ0n) is 11.2. The van der Waals surface area contributed by atoms with Gasteiger partial charge in [-0.25, -0.2) is 9.50 Å². The largest absolute Gasteiger partial charge is 0.481 e. The van der Waals surface area contributed by atoms with Gasteiger partial charge in [-0.05, 0) is 13.0 Å². The first kappa shape index (κ1) is 12.9. The molecule has 0 aromatic carbocycles. The Kier molecular flexibility index (Phi) is 3.27. The fraction of sp³-hybridized carbons (Fsp3) is 0.462. The molecule has 7 heteroatoms. The Hall–Kier alpha value is -2.15. The third-order valence-corrected chi connectivity index (χ3v) is 3.33. The van der Waals surface area contributed by atoms with Gasteiger partial charge in [-0.3, -0.25) is 4.79 Å². The lowest BCUT2D eigenvalue weighted by molar-refractivity contribution is -0.140. The number of morpholine rings is 1. The second kappa shape index (κ2) is 5.09. The van der Waals surface area contributed by atoms with Crippen LogP contribution in [0, 0.1) is 6.92 Å². The van der Waals surface area contributed by atoms with Crippen LogP contribution in [-0.2, 0) is 9.53 Å². The van der Waals surface area contributed by atoms with E-state index in [9.17, 15) is 4.79 Å². The number of nitrogens with zero attached hydrogens (tertiary/aromatic N) is 4. The van der Waals surface area contributed by atoms with Gasteiger partial charge >= 0.3 is 5.97 Å². The van der Waals surface area contributed by atoms with Crippen LogP contribution in [0.2, 0.25) is 0 Å². The molecule has 1 N–H and O–H groups in total. The fourth-order valence-electron chi connectivity index (χ4n) is 2.50. The summed E-state index contributed by atoms with van der Waals surface area (Å²) in [5.74, 6) is -0.0185. The van der Waals surface area contributed by atoms with E-state index in [2.05, 4.69) is 15.0 Å². The molecular formula is C13H16N4O3. The summed E-state index contributed by atoms with van der Waals surface area (Å²) in [6.45, 7) is 3.67. The highest BCUT2D eigenvalue weighted by molar-refractivity contribution is 5.70. The second-order valence-electron chi connectivity index (χ2n) is 4.90. The first-order chi connectivity index (χ1) is 9.63. The van der Waals surface area contributed by atoms with Gasteiger partial charge in [0.05, 0.1) is 24.8 Å². The molecule has 2 aromatic rings. The minimum Gasteiger partial charge on any atom is -0.481 e. The van der Waals surface area contributed by atoms with Gasteiger partial charge in [-0.1, -0.05) is 0 Å². The summed E-state index contributed by atoms with van der Waals surface area (Å²) in [4.78, 5) is 17.3. The van der Waals surface area contributed by atoms with Crippen LogP contribution < -0.4 is 4.90 Å². The third kappa shape index (κ3) is 2.44. The normalized spacial score (nSPS) is 19.4. The SMILES string of the molecule is Cc1cc2c(N3CCOC(CC(=O)O)C3)nccn2n1. The van der Waals surface area contributed by atoms with Gasteiger partial charge in [0.15, 0.2) is 5.82 Å². The van der Waals surface area contributed by atoms with Crippen LogP contribution in [0.1, 0.15) is 12.1 Å².